The van der Waals surface area contributed by atoms with E-state index in [9.17, 15) is 5.11 Å². The van der Waals surface area contributed by atoms with Crippen LogP contribution in [-0.2, 0) is 11.2 Å². The van der Waals surface area contributed by atoms with Gasteiger partial charge in [-0.15, -0.1) is 0 Å². The van der Waals surface area contributed by atoms with Crippen molar-refractivity contribution in [3.05, 3.63) is 21.3 Å². The fourth-order valence-corrected chi connectivity index (χ4v) is 3.15. The third kappa shape index (κ3) is 4.73. The maximum absolute atomic E-state index is 9.82. The molecule has 0 saturated carbocycles. The molecule has 0 aromatic heterocycles. The van der Waals surface area contributed by atoms with Crippen LogP contribution in [-0.4, -0.2) is 30.4 Å². The summed E-state index contributed by atoms with van der Waals surface area (Å²) in [4.78, 5) is 0. The van der Waals surface area contributed by atoms with Gasteiger partial charge in [-0.25, -0.2) is 0 Å². The zero-order valence-corrected chi connectivity index (χ0v) is 14.9. The Kier molecular flexibility index (Phi) is 7.62. The maximum atomic E-state index is 9.82. The predicted octanol–water partition coefficient (Wildman–Crippen LogP) is 3.64. The van der Waals surface area contributed by atoms with Gasteiger partial charge in [0.15, 0.2) is 11.5 Å². The molecular formula is C13H18I2O3. The average molecular weight is 476 g/mol. The van der Waals surface area contributed by atoms with Gasteiger partial charge in [-0.3, -0.25) is 0 Å². The Hall–Kier alpha value is 0.240. The van der Waals surface area contributed by atoms with Crippen molar-refractivity contribution in [1.29, 1.82) is 0 Å². The summed E-state index contributed by atoms with van der Waals surface area (Å²) >= 11 is 4.69. The van der Waals surface area contributed by atoms with Crippen molar-refractivity contribution in [2.45, 2.75) is 12.8 Å². The number of halogens is 2. The quantitative estimate of drug-likeness (QED) is 0.483. The molecule has 0 aliphatic rings. The van der Waals surface area contributed by atoms with Crippen molar-refractivity contribution < 1.29 is 14.6 Å². The van der Waals surface area contributed by atoms with E-state index in [1.807, 2.05) is 12.1 Å². The zero-order chi connectivity index (χ0) is 13.5. The molecule has 18 heavy (non-hydrogen) atoms. The summed E-state index contributed by atoms with van der Waals surface area (Å²) in [6.45, 7) is 0.784. The summed E-state index contributed by atoms with van der Waals surface area (Å²) in [5.74, 6) is 1.32. The van der Waals surface area contributed by atoms with Crippen LogP contribution in [0.3, 0.4) is 0 Å². The summed E-state index contributed by atoms with van der Waals surface area (Å²) in [6.07, 6.45) is 2.00. The normalized spacial score (nSPS) is 12.4. The molecule has 1 unspecified atom stereocenters. The lowest BCUT2D eigenvalue weighted by Gasteiger charge is -2.16. The van der Waals surface area contributed by atoms with E-state index in [0.717, 1.165) is 27.4 Å². The molecule has 1 aromatic carbocycles. The summed E-state index contributed by atoms with van der Waals surface area (Å²) in [5, 5.41) is 9.82. The molecule has 1 N–H and O–H groups in total. The number of phenols is 1. The lowest BCUT2D eigenvalue weighted by atomic mass is 9.98. The molecule has 0 radical (unpaired) electrons. The van der Waals surface area contributed by atoms with E-state index in [1.165, 1.54) is 5.56 Å². The summed E-state index contributed by atoms with van der Waals surface area (Å²) in [7, 11) is 3.30. The number of aromatic hydroxyl groups is 1. The first-order chi connectivity index (χ1) is 8.62. The Morgan fingerprint density at radius 1 is 1.33 bits per heavy atom. The average Bonchev–Trinajstić information content (AvgIpc) is 2.37. The van der Waals surface area contributed by atoms with E-state index in [4.69, 9.17) is 9.47 Å². The van der Waals surface area contributed by atoms with Gasteiger partial charge in [-0.2, -0.15) is 0 Å². The van der Waals surface area contributed by atoms with Crippen molar-refractivity contribution in [2.24, 2.45) is 5.92 Å². The Morgan fingerprint density at radius 3 is 2.61 bits per heavy atom. The number of phenolic OH excluding ortho intramolecular Hbond substituents is 1. The summed E-state index contributed by atoms with van der Waals surface area (Å²) in [6, 6.07) is 3.69. The van der Waals surface area contributed by atoms with Crippen LogP contribution < -0.4 is 4.74 Å². The van der Waals surface area contributed by atoms with Crippen molar-refractivity contribution in [3.63, 3.8) is 0 Å². The number of ether oxygens (including phenoxy) is 2. The first-order valence-electron chi connectivity index (χ1n) is 5.72. The molecule has 0 aliphatic carbocycles. The van der Waals surface area contributed by atoms with Gasteiger partial charge in [0.05, 0.1) is 7.11 Å². The van der Waals surface area contributed by atoms with Crippen LogP contribution in [0, 0.1) is 9.49 Å². The smallest absolute Gasteiger partial charge is 0.161 e. The molecule has 0 bridgehead atoms. The highest BCUT2D eigenvalue weighted by Crippen LogP contribution is 2.32. The largest absolute Gasteiger partial charge is 0.504 e. The molecule has 0 saturated heterocycles. The molecule has 0 amide bonds. The van der Waals surface area contributed by atoms with Crippen molar-refractivity contribution in [2.75, 3.05) is 25.3 Å². The van der Waals surface area contributed by atoms with Crippen molar-refractivity contribution in [3.8, 4) is 11.5 Å². The van der Waals surface area contributed by atoms with Crippen LogP contribution in [0.15, 0.2) is 12.1 Å². The Labute approximate surface area is 136 Å². The lowest BCUT2D eigenvalue weighted by Crippen LogP contribution is -2.10. The van der Waals surface area contributed by atoms with Gasteiger partial charge in [0, 0.05) is 21.7 Å². The number of hydrogen-bond acceptors (Lipinski definition) is 3. The first-order valence-corrected chi connectivity index (χ1v) is 8.33. The van der Waals surface area contributed by atoms with Crippen LogP contribution in [0.5, 0.6) is 11.5 Å². The minimum Gasteiger partial charge on any atom is -0.504 e. The van der Waals surface area contributed by atoms with Crippen molar-refractivity contribution in [1.82, 2.24) is 0 Å². The number of hydrogen-bond donors (Lipinski definition) is 1. The first kappa shape index (κ1) is 16.3. The molecule has 5 heteroatoms. The molecule has 0 aliphatic heterocycles. The summed E-state index contributed by atoms with van der Waals surface area (Å²) in [5.41, 5.74) is 1.17. The van der Waals surface area contributed by atoms with Crippen LogP contribution in [0.4, 0.5) is 0 Å². The molecule has 1 aromatic rings. The topological polar surface area (TPSA) is 38.7 Å². The minimum absolute atomic E-state index is 0.215. The van der Waals surface area contributed by atoms with Crippen LogP contribution >= 0.6 is 45.2 Å². The highest BCUT2D eigenvalue weighted by Gasteiger charge is 2.13. The Balaban J connectivity index is 2.79. The van der Waals surface area contributed by atoms with E-state index < -0.39 is 0 Å². The van der Waals surface area contributed by atoms with Gasteiger partial charge >= 0.3 is 0 Å². The zero-order valence-electron chi connectivity index (χ0n) is 10.6. The second-order valence-electron chi connectivity index (χ2n) is 4.12. The molecule has 1 atom stereocenters. The number of benzene rings is 1. The van der Waals surface area contributed by atoms with E-state index in [2.05, 4.69) is 45.2 Å². The monoisotopic (exact) mass is 476 g/mol. The molecule has 3 nitrogen and oxygen atoms in total. The predicted molar refractivity (Wildman–Crippen MR) is 89.9 cm³/mol. The SMILES string of the molecule is COCCC(CI)Cc1cc(O)c(OC)cc1I. The van der Waals surface area contributed by atoms with E-state index >= 15 is 0 Å². The van der Waals surface area contributed by atoms with Gasteiger partial charge < -0.3 is 14.6 Å². The number of alkyl halides is 1. The van der Waals surface area contributed by atoms with Crippen LogP contribution in [0.2, 0.25) is 0 Å². The second kappa shape index (κ2) is 8.42. The van der Waals surface area contributed by atoms with Gasteiger partial charge in [0.2, 0.25) is 0 Å². The van der Waals surface area contributed by atoms with Crippen molar-refractivity contribution >= 4 is 45.2 Å². The summed E-state index contributed by atoms with van der Waals surface area (Å²) < 4.78 is 12.4. The molecular weight excluding hydrogens is 458 g/mol. The fraction of sp³-hybridized carbons (Fsp3) is 0.538. The minimum atomic E-state index is 0.215. The van der Waals surface area contributed by atoms with E-state index in [1.54, 1.807) is 14.2 Å². The highest BCUT2D eigenvalue weighted by molar-refractivity contribution is 14.1. The Morgan fingerprint density at radius 2 is 2.06 bits per heavy atom. The highest BCUT2D eigenvalue weighted by atomic mass is 127. The third-order valence-electron chi connectivity index (χ3n) is 2.80. The number of methoxy groups -OCH3 is 2. The molecule has 0 fully saturated rings. The van der Waals surface area contributed by atoms with E-state index in [-0.39, 0.29) is 5.75 Å². The standard InChI is InChI=1S/C13H18I2O3/c1-17-4-3-9(8-14)5-10-6-12(16)13(18-2)7-11(10)15/h6-7,9,16H,3-5,8H2,1-2H3. The van der Waals surface area contributed by atoms with Crippen LogP contribution in [0.1, 0.15) is 12.0 Å². The number of rotatable bonds is 7. The van der Waals surface area contributed by atoms with E-state index in [0.29, 0.717) is 11.7 Å². The molecule has 0 spiro atoms. The molecule has 1 rings (SSSR count). The molecule has 0 heterocycles. The van der Waals surface area contributed by atoms with Gasteiger partial charge in [0.25, 0.3) is 0 Å². The molecule has 102 valence electrons. The maximum Gasteiger partial charge on any atom is 0.161 e. The lowest BCUT2D eigenvalue weighted by molar-refractivity contribution is 0.181. The second-order valence-corrected chi connectivity index (χ2v) is 6.16. The van der Waals surface area contributed by atoms with Gasteiger partial charge in [-0.1, -0.05) is 22.6 Å². The Bertz CT molecular complexity index is 383. The fourth-order valence-electron chi connectivity index (χ4n) is 1.74. The van der Waals surface area contributed by atoms with Crippen LogP contribution in [0.25, 0.3) is 0 Å². The third-order valence-corrected chi connectivity index (χ3v) is 5.05. The van der Waals surface area contributed by atoms with Gasteiger partial charge in [-0.05, 0) is 59.0 Å². The van der Waals surface area contributed by atoms with Gasteiger partial charge in [0.1, 0.15) is 0 Å².